The van der Waals surface area contributed by atoms with Gasteiger partial charge in [0.05, 0.1) is 0 Å². The fraction of sp³-hybridized carbons (Fsp3) is 1.00. The molecule has 0 aromatic carbocycles. The number of nitrogens with zero attached hydrogens (tertiary/aromatic N) is 2. The lowest BCUT2D eigenvalue weighted by Crippen LogP contribution is -2.28. The molecule has 2 N–H and O–H groups in total. The van der Waals surface area contributed by atoms with Gasteiger partial charge in [-0.1, -0.05) is 6.92 Å². The van der Waals surface area contributed by atoms with Crippen LogP contribution < -0.4 is 5.73 Å². The molecule has 1 unspecified atom stereocenters. The first-order valence-electron chi connectivity index (χ1n) is 6.09. The zero-order valence-corrected chi connectivity index (χ0v) is 11.0. The molecule has 0 spiro atoms. The van der Waals surface area contributed by atoms with E-state index in [1.807, 2.05) is 0 Å². The van der Waals surface area contributed by atoms with Crippen molar-refractivity contribution in [1.29, 1.82) is 0 Å². The summed E-state index contributed by atoms with van der Waals surface area (Å²) in [5.74, 6) is 0.776. The zero-order chi connectivity index (χ0) is 11.7. The molecule has 0 fully saturated rings. The highest BCUT2D eigenvalue weighted by Gasteiger charge is 2.05. The van der Waals surface area contributed by atoms with Crippen molar-refractivity contribution in [2.24, 2.45) is 11.7 Å². The Morgan fingerprint density at radius 3 is 2.27 bits per heavy atom. The lowest BCUT2D eigenvalue weighted by Gasteiger charge is -2.21. The molecule has 0 heterocycles. The predicted molar refractivity (Wildman–Crippen MR) is 68.1 cm³/mol. The molecule has 0 aromatic heterocycles. The van der Waals surface area contributed by atoms with Gasteiger partial charge in [-0.05, 0) is 66.0 Å². The van der Waals surface area contributed by atoms with E-state index in [1.54, 1.807) is 0 Å². The van der Waals surface area contributed by atoms with E-state index < -0.39 is 0 Å². The van der Waals surface area contributed by atoms with Crippen LogP contribution in [-0.2, 0) is 0 Å². The molecular formula is C12H29N3. The third-order valence-electron chi connectivity index (χ3n) is 2.67. The summed E-state index contributed by atoms with van der Waals surface area (Å²) in [6.45, 7) is 6.73. The molecule has 1 atom stereocenters. The molecule has 0 radical (unpaired) electrons. The molecule has 0 amide bonds. The fourth-order valence-electron chi connectivity index (χ4n) is 1.84. The Labute approximate surface area is 95.6 Å². The third-order valence-corrected chi connectivity index (χ3v) is 2.67. The van der Waals surface area contributed by atoms with Gasteiger partial charge in [0.15, 0.2) is 0 Å². The van der Waals surface area contributed by atoms with Crippen LogP contribution >= 0.6 is 0 Å². The second-order valence-corrected chi connectivity index (χ2v) is 4.96. The van der Waals surface area contributed by atoms with Crippen molar-refractivity contribution >= 4 is 0 Å². The Bertz CT molecular complexity index is 137. The van der Waals surface area contributed by atoms with E-state index >= 15 is 0 Å². The second-order valence-electron chi connectivity index (χ2n) is 4.96. The van der Waals surface area contributed by atoms with E-state index in [9.17, 15) is 0 Å². The normalized spacial score (nSPS) is 13.8. The molecule has 0 aliphatic carbocycles. The highest BCUT2D eigenvalue weighted by molar-refractivity contribution is 4.60. The Balaban J connectivity index is 3.42. The lowest BCUT2D eigenvalue weighted by atomic mass is 10.1. The predicted octanol–water partition coefficient (Wildman–Crippen LogP) is 1.24. The maximum absolute atomic E-state index is 5.50. The molecule has 15 heavy (non-hydrogen) atoms. The van der Waals surface area contributed by atoms with Crippen LogP contribution in [0.3, 0.4) is 0 Å². The molecule has 0 aliphatic heterocycles. The van der Waals surface area contributed by atoms with Crippen molar-refractivity contribution in [1.82, 2.24) is 9.80 Å². The van der Waals surface area contributed by atoms with Crippen LogP contribution in [0.2, 0.25) is 0 Å². The van der Waals surface area contributed by atoms with Crippen molar-refractivity contribution in [3.05, 3.63) is 0 Å². The maximum atomic E-state index is 5.50. The van der Waals surface area contributed by atoms with Crippen molar-refractivity contribution < 1.29 is 0 Å². The van der Waals surface area contributed by atoms with Crippen LogP contribution in [-0.4, -0.2) is 57.1 Å². The molecule has 0 bridgehead atoms. The minimum atomic E-state index is 0.776. The van der Waals surface area contributed by atoms with Crippen LogP contribution in [0, 0.1) is 5.92 Å². The molecular weight excluding hydrogens is 186 g/mol. The van der Waals surface area contributed by atoms with E-state index in [2.05, 4.69) is 37.9 Å². The molecule has 3 nitrogen and oxygen atoms in total. The van der Waals surface area contributed by atoms with E-state index in [4.69, 9.17) is 5.73 Å². The summed E-state index contributed by atoms with van der Waals surface area (Å²) in [7, 11) is 6.47. The van der Waals surface area contributed by atoms with Crippen LogP contribution in [0.5, 0.6) is 0 Å². The maximum Gasteiger partial charge on any atom is 0.000398 e. The lowest BCUT2D eigenvalue weighted by molar-refractivity contribution is 0.259. The van der Waals surface area contributed by atoms with Crippen molar-refractivity contribution in [2.45, 2.75) is 26.2 Å². The van der Waals surface area contributed by atoms with Gasteiger partial charge in [-0.3, -0.25) is 0 Å². The van der Waals surface area contributed by atoms with E-state index in [-0.39, 0.29) is 0 Å². The van der Waals surface area contributed by atoms with Crippen molar-refractivity contribution in [3.8, 4) is 0 Å². The molecule has 0 rings (SSSR count). The first-order valence-corrected chi connectivity index (χ1v) is 6.09. The molecule has 0 saturated carbocycles. The van der Waals surface area contributed by atoms with Gasteiger partial charge in [-0.25, -0.2) is 0 Å². The molecule has 0 aliphatic rings. The van der Waals surface area contributed by atoms with Gasteiger partial charge in [0.2, 0.25) is 0 Å². The number of rotatable bonds is 9. The minimum Gasteiger partial charge on any atom is -0.330 e. The van der Waals surface area contributed by atoms with Gasteiger partial charge < -0.3 is 15.5 Å². The largest absolute Gasteiger partial charge is 0.330 e. The van der Waals surface area contributed by atoms with Gasteiger partial charge >= 0.3 is 0 Å². The fourth-order valence-corrected chi connectivity index (χ4v) is 1.84. The third kappa shape index (κ3) is 10.2. The van der Waals surface area contributed by atoms with Gasteiger partial charge in [-0.2, -0.15) is 0 Å². The first kappa shape index (κ1) is 14.9. The number of hydrogen-bond acceptors (Lipinski definition) is 3. The standard InChI is InChI=1S/C12H29N3/c1-12(7-5-8-13)11-15(4)10-6-9-14(2)3/h12H,5-11,13H2,1-4H3. The number of nitrogens with two attached hydrogens (primary N) is 1. The Morgan fingerprint density at radius 1 is 1.07 bits per heavy atom. The second kappa shape index (κ2) is 9.13. The van der Waals surface area contributed by atoms with Crippen LogP contribution in [0.1, 0.15) is 26.2 Å². The van der Waals surface area contributed by atoms with Gasteiger partial charge in [-0.15, -0.1) is 0 Å². The van der Waals surface area contributed by atoms with Crippen molar-refractivity contribution in [3.63, 3.8) is 0 Å². The van der Waals surface area contributed by atoms with Gasteiger partial charge in [0.25, 0.3) is 0 Å². The summed E-state index contributed by atoms with van der Waals surface area (Å²) in [6, 6.07) is 0. The SMILES string of the molecule is CC(CCCN)CN(C)CCCN(C)C. The van der Waals surface area contributed by atoms with Crippen LogP contribution in [0.15, 0.2) is 0 Å². The molecule has 0 saturated heterocycles. The Kier molecular flexibility index (Phi) is 9.06. The summed E-state index contributed by atoms with van der Waals surface area (Å²) in [4.78, 5) is 4.68. The van der Waals surface area contributed by atoms with E-state index in [1.165, 1.54) is 32.5 Å². The van der Waals surface area contributed by atoms with E-state index in [0.717, 1.165) is 18.9 Å². The molecule has 0 aromatic rings. The molecule has 3 heteroatoms. The summed E-state index contributed by atoms with van der Waals surface area (Å²) in [5.41, 5.74) is 5.50. The summed E-state index contributed by atoms with van der Waals surface area (Å²) in [5, 5.41) is 0. The summed E-state index contributed by atoms with van der Waals surface area (Å²) >= 11 is 0. The summed E-state index contributed by atoms with van der Waals surface area (Å²) < 4.78 is 0. The Morgan fingerprint density at radius 2 is 1.73 bits per heavy atom. The summed E-state index contributed by atoms with van der Waals surface area (Å²) in [6.07, 6.45) is 3.67. The minimum absolute atomic E-state index is 0.776. The van der Waals surface area contributed by atoms with Crippen molar-refractivity contribution in [2.75, 3.05) is 47.3 Å². The first-order chi connectivity index (χ1) is 7.06. The number of hydrogen-bond donors (Lipinski definition) is 1. The van der Waals surface area contributed by atoms with Crippen LogP contribution in [0.4, 0.5) is 0 Å². The van der Waals surface area contributed by atoms with Gasteiger partial charge in [0.1, 0.15) is 0 Å². The monoisotopic (exact) mass is 215 g/mol. The topological polar surface area (TPSA) is 32.5 Å². The Hall–Kier alpha value is -0.120. The highest BCUT2D eigenvalue weighted by atomic mass is 15.1. The van der Waals surface area contributed by atoms with Crippen LogP contribution in [0.25, 0.3) is 0 Å². The molecule has 92 valence electrons. The van der Waals surface area contributed by atoms with E-state index in [0.29, 0.717) is 0 Å². The average Bonchev–Trinajstić information content (AvgIpc) is 2.14. The quantitative estimate of drug-likeness (QED) is 0.628. The average molecular weight is 215 g/mol. The van der Waals surface area contributed by atoms with Gasteiger partial charge in [0, 0.05) is 6.54 Å². The highest BCUT2D eigenvalue weighted by Crippen LogP contribution is 2.06. The zero-order valence-electron chi connectivity index (χ0n) is 11.0. The smallest absolute Gasteiger partial charge is 0.000398 e.